The van der Waals surface area contributed by atoms with E-state index in [1.807, 2.05) is 5.06 Å². The second kappa shape index (κ2) is 5.84. The number of aromatic nitrogens is 1. The van der Waals surface area contributed by atoms with E-state index < -0.39 is 0 Å². The summed E-state index contributed by atoms with van der Waals surface area (Å²) in [6.07, 6.45) is 4.23. The Kier molecular flexibility index (Phi) is 4.18. The van der Waals surface area contributed by atoms with Crippen molar-refractivity contribution in [1.82, 2.24) is 10.0 Å². The lowest BCUT2D eigenvalue weighted by molar-refractivity contribution is -0.129. The number of nitrogens with one attached hydrogen (secondary N) is 1. The van der Waals surface area contributed by atoms with Gasteiger partial charge in [-0.25, -0.2) is 0 Å². The summed E-state index contributed by atoms with van der Waals surface area (Å²) in [7, 11) is 1.74. The van der Waals surface area contributed by atoms with Gasteiger partial charge in [-0.15, -0.1) is 0 Å². The largest absolute Gasteiger partial charge is 0.361 e. The maximum Gasteiger partial charge on any atom is 0.0575 e. The third-order valence-corrected chi connectivity index (χ3v) is 3.04. The van der Waals surface area contributed by atoms with Gasteiger partial charge >= 0.3 is 0 Å². The first-order chi connectivity index (χ1) is 8.35. The van der Waals surface area contributed by atoms with Crippen LogP contribution in [0.25, 0.3) is 10.9 Å². The highest BCUT2D eigenvalue weighted by atomic mass is 16.7. The predicted molar refractivity (Wildman–Crippen MR) is 70.9 cm³/mol. The fraction of sp³-hybridized carbons (Fsp3) is 0.429. The molecule has 0 saturated heterocycles. The standard InChI is InChI=1S/C14H20N2O/c1-3-9-16(17-2)10-8-12-11-15-14-7-5-4-6-13(12)14/h4-7,11,15H,3,8-10H2,1-2H3. The molecule has 0 aliphatic rings. The molecule has 1 heterocycles. The second-order valence-electron chi connectivity index (χ2n) is 4.22. The van der Waals surface area contributed by atoms with E-state index in [0.29, 0.717) is 0 Å². The molecule has 0 bridgehead atoms. The van der Waals surface area contributed by atoms with Gasteiger partial charge in [0, 0.05) is 30.2 Å². The first-order valence-corrected chi connectivity index (χ1v) is 6.19. The molecule has 17 heavy (non-hydrogen) atoms. The minimum Gasteiger partial charge on any atom is -0.361 e. The number of hydrogen-bond acceptors (Lipinski definition) is 2. The highest BCUT2D eigenvalue weighted by Gasteiger charge is 2.06. The molecule has 1 N–H and O–H groups in total. The molecule has 1 aromatic heterocycles. The SMILES string of the molecule is CCCN(CCc1c[nH]c2ccccc12)OC. The minimum absolute atomic E-state index is 0.937. The van der Waals surface area contributed by atoms with Gasteiger partial charge in [-0.2, -0.15) is 5.06 Å². The van der Waals surface area contributed by atoms with Crippen LogP contribution in [-0.4, -0.2) is 30.2 Å². The molecule has 0 fully saturated rings. The Labute approximate surface area is 102 Å². The van der Waals surface area contributed by atoms with E-state index >= 15 is 0 Å². The van der Waals surface area contributed by atoms with Crippen molar-refractivity contribution < 1.29 is 4.84 Å². The van der Waals surface area contributed by atoms with Gasteiger partial charge in [0.05, 0.1) is 7.11 Å². The average molecular weight is 232 g/mol. The fourth-order valence-corrected chi connectivity index (χ4v) is 2.13. The van der Waals surface area contributed by atoms with E-state index in [0.717, 1.165) is 25.9 Å². The Balaban J connectivity index is 2.03. The van der Waals surface area contributed by atoms with Gasteiger partial charge < -0.3 is 9.82 Å². The Morgan fingerprint density at radius 1 is 1.24 bits per heavy atom. The normalized spacial score (nSPS) is 11.5. The zero-order valence-corrected chi connectivity index (χ0v) is 10.6. The van der Waals surface area contributed by atoms with E-state index in [1.165, 1.54) is 16.5 Å². The number of hydroxylamine groups is 2. The summed E-state index contributed by atoms with van der Waals surface area (Å²) < 4.78 is 0. The smallest absolute Gasteiger partial charge is 0.0575 e. The molecule has 0 aliphatic heterocycles. The molecule has 0 radical (unpaired) electrons. The van der Waals surface area contributed by atoms with Crippen molar-refractivity contribution in [1.29, 1.82) is 0 Å². The summed E-state index contributed by atoms with van der Waals surface area (Å²) in [6.45, 7) is 4.09. The highest BCUT2D eigenvalue weighted by molar-refractivity contribution is 5.83. The summed E-state index contributed by atoms with van der Waals surface area (Å²) in [5.74, 6) is 0. The topological polar surface area (TPSA) is 28.3 Å². The van der Waals surface area contributed by atoms with Gasteiger partial charge in [0.25, 0.3) is 0 Å². The molecule has 0 atom stereocenters. The predicted octanol–water partition coefficient (Wildman–Crippen LogP) is 2.98. The second-order valence-corrected chi connectivity index (χ2v) is 4.22. The molecule has 0 aliphatic carbocycles. The van der Waals surface area contributed by atoms with E-state index in [1.54, 1.807) is 7.11 Å². The molecule has 1 aromatic carbocycles. The van der Waals surface area contributed by atoms with Crippen molar-refractivity contribution in [2.75, 3.05) is 20.2 Å². The number of benzene rings is 1. The summed E-state index contributed by atoms with van der Waals surface area (Å²) >= 11 is 0. The van der Waals surface area contributed by atoms with Crippen molar-refractivity contribution in [2.45, 2.75) is 19.8 Å². The van der Waals surface area contributed by atoms with Gasteiger partial charge in [-0.3, -0.25) is 0 Å². The van der Waals surface area contributed by atoms with Gasteiger partial charge in [-0.1, -0.05) is 25.1 Å². The van der Waals surface area contributed by atoms with Gasteiger partial charge in [0.15, 0.2) is 0 Å². The van der Waals surface area contributed by atoms with Crippen molar-refractivity contribution in [3.8, 4) is 0 Å². The van der Waals surface area contributed by atoms with Crippen molar-refractivity contribution in [3.05, 3.63) is 36.0 Å². The van der Waals surface area contributed by atoms with Crippen LogP contribution in [0.15, 0.2) is 30.5 Å². The zero-order chi connectivity index (χ0) is 12.1. The van der Waals surface area contributed by atoms with Gasteiger partial charge in [0.2, 0.25) is 0 Å². The number of rotatable bonds is 6. The maximum absolute atomic E-state index is 5.32. The van der Waals surface area contributed by atoms with Gasteiger partial charge in [-0.05, 0) is 24.5 Å². The number of nitrogens with zero attached hydrogens (tertiary/aromatic N) is 1. The molecule has 2 rings (SSSR count). The van der Waals surface area contributed by atoms with Crippen LogP contribution in [0.2, 0.25) is 0 Å². The number of hydrogen-bond donors (Lipinski definition) is 1. The molecular formula is C14H20N2O. The summed E-state index contributed by atoms with van der Waals surface area (Å²) in [5, 5.41) is 3.34. The highest BCUT2D eigenvalue weighted by Crippen LogP contribution is 2.18. The van der Waals surface area contributed by atoms with Crippen LogP contribution in [0.4, 0.5) is 0 Å². The molecule has 92 valence electrons. The third kappa shape index (κ3) is 2.87. The van der Waals surface area contributed by atoms with Crippen molar-refractivity contribution >= 4 is 10.9 Å². The Morgan fingerprint density at radius 3 is 2.82 bits per heavy atom. The number of aromatic amines is 1. The van der Waals surface area contributed by atoms with Crippen LogP contribution in [0.3, 0.4) is 0 Å². The van der Waals surface area contributed by atoms with Crippen LogP contribution < -0.4 is 0 Å². The third-order valence-electron chi connectivity index (χ3n) is 3.04. The van der Waals surface area contributed by atoms with Crippen molar-refractivity contribution in [2.24, 2.45) is 0 Å². The average Bonchev–Trinajstić information content (AvgIpc) is 2.78. The molecule has 3 heteroatoms. The lowest BCUT2D eigenvalue weighted by Crippen LogP contribution is -2.25. The zero-order valence-electron chi connectivity index (χ0n) is 10.6. The lowest BCUT2D eigenvalue weighted by Gasteiger charge is -2.18. The Morgan fingerprint density at radius 2 is 2.06 bits per heavy atom. The van der Waals surface area contributed by atoms with E-state index in [9.17, 15) is 0 Å². The quantitative estimate of drug-likeness (QED) is 0.775. The van der Waals surface area contributed by atoms with Crippen LogP contribution in [0.5, 0.6) is 0 Å². The van der Waals surface area contributed by atoms with E-state index in [4.69, 9.17) is 4.84 Å². The maximum atomic E-state index is 5.32. The van der Waals surface area contributed by atoms with E-state index in [2.05, 4.69) is 42.4 Å². The molecule has 0 unspecified atom stereocenters. The molecule has 0 spiro atoms. The minimum atomic E-state index is 0.937. The Hall–Kier alpha value is -1.32. The molecule has 0 saturated carbocycles. The number of para-hydroxylation sites is 1. The Bertz CT molecular complexity index is 464. The van der Waals surface area contributed by atoms with E-state index in [-0.39, 0.29) is 0 Å². The van der Waals surface area contributed by atoms with Crippen molar-refractivity contribution in [3.63, 3.8) is 0 Å². The van der Waals surface area contributed by atoms with Gasteiger partial charge in [0.1, 0.15) is 0 Å². The van der Waals surface area contributed by atoms with Crippen LogP contribution >= 0.6 is 0 Å². The molecular weight excluding hydrogens is 212 g/mol. The first kappa shape index (κ1) is 12.1. The molecule has 0 amide bonds. The van der Waals surface area contributed by atoms with Crippen LogP contribution in [0.1, 0.15) is 18.9 Å². The summed E-state index contributed by atoms with van der Waals surface area (Å²) in [5.41, 5.74) is 2.57. The summed E-state index contributed by atoms with van der Waals surface area (Å²) in [6, 6.07) is 8.41. The molecule has 2 aromatic rings. The molecule has 3 nitrogen and oxygen atoms in total. The fourth-order valence-electron chi connectivity index (χ4n) is 2.13. The summed E-state index contributed by atoms with van der Waals surface area (Å²) in [4.78, 5) is 8.63. The lowest BCUT2D eigenvalue weighted by atomic mass is 10.1. The number of H-pyrrole nitrogens is 1. The monoisotopic (exact) mass is 232 g/mol. The van der Waals surface area contributed by atoms with Crippen LogP contribution in [-0.2, 0) is 11.3 Å². The first-order valence-electron chi connectivity index (χ1n) is 6.19. The van der Waals surface area contributed by atoms with Crippen LogP contribution in [0, 0.1) is 0 Å². The number of fused-ring (bicyclic) bond motifs is 1.